The SMILES string of the molecule is Cc1ccc(S(=O)(=O)N2CC(=O)C=Cc3cccc(Cl)c32)cc1. The van der Waals surface area contributed by atoms with E-state index in [1.54, 1.807) is 36.4 Å². The molecular weight excluding hydrogens is 334 g/mol. The Balaban J connectivity index is 2.19. The van der Waals surface area contributed by atoms with Gasteiger partial charge in [0.25, 0.3) is 10.0 Å². The van der Waals surface area contributed by atoms with Gasteiger partial charge in [0.1, 0.15) is 0 Å². The van der Waals surface area contributed by atoms with Crippen LogP contribution in [0.2, 0.25) is 5.02 Å². The Morgan fingerprint density at radius 3 is 2.43 bits per heavy atom. The third-order valence-corrected chi connectivity index (χ3v) is 5.69. The first-order chi connectivity index (χ1) is 10.9. The Labute approximate surface area is 140 Å². The summed E-state index contributed by atoms with van der Waals surface area (Å²) in [6.45, 7) is 1.60. The van der Waals surface area contributed by atoms with Crippen LogP contribution in [0.3, 0.4) is 0 Å². The summed E-state index contributed by atoms with van der Waals surface area (Å²) in [7, 11) is -3.88. The third-order valence-electron chi connectivity index (χ3n) is 3.62. The first-order valence-electron chi connectivity index (χ1n) is 6.98. The zero-order chi connectivity index (χ0) is 16.6. The van der Waals surface area contributed by atoms with Gasteiger partial charge < -0.3 is 0 Å². The van der Waals surface area contributed by atoms with Crippen LogP contribution in [0, 0.1) is 6.92 Å². The smallest absolute Gasteiger partial charge is 0.264 e. The topological polar surface area (TPSA) is 54.5 Å². The molecule has 1 aliphatic heterocycles. The second-order valence-electron chi connectivity index (χ2n) is 5.30. The molecule has 0 saturated heterocycles. The number of para-hydroxylation sites is 1. The fourth-order valence-electron chi connectivity index (χ4n) is 2.43. The molecule has 0 aliphatic carbocycles. The standard InChI is InChI=1S/C17H14ClNO3S/c1-12-5-9-15(10-6-12)23(21,22)19-11-14(20)8-7-13-3-2-4-16(18)17(13)19/h2-10H,11H2,1H3. The van der Waals surface area contributed by atoms with Gasteiger partial charge in [0.2, 0.25) is 0 Å². The van der Waals surface area contributed by atoms with Gasteiger partial charge in [-0.15, -0.1) is 0 Å². The van der Waals surface area contributed by atoms with Crippen LogP contribution in [-0.4, -0.2) is 20.7 Å². The summed E-state index contributed by atoms with van der Waals surface area (Å²) in [6, 6.07) is 11.6. The largest absolute Gasteiger partial charge is 0.293 e. The van der Waals surface area contributed by atoms with E-state index in [1.165, 1.54) is 18.2 Å². The van der Waals surface area contributed by atoms with E-state index < -0.39 is 10.0 Å². The van der Waals surface area contributed by atoms with Crippen LogP contribution >= 0.6 is 11.6 Å². The number of hydrogen-bond acceptors (Lipinski definition) is 3. The normalized spacial score (nSPS) is 14.5. The lowest BCUT2D eigenvalue weighted by molar-refractivity contribution is -0.113. The van der Waals surface area contributed by atoms with E-state index in [0.29, 0.717) is 11.3 Å². The van der Waals surface area contributed by atoms with Crippen LogP contribution in [0.4, 0.5) is 5.69 Å². The first-order valence-corrected chi connectivity index (χ1v) is 8.80. The average Bonchev–Trinajstić information content (AvgIpc) is 2.68. The number of carbonyl (C=O) groups excluding carboxylic acids is 1. The van der Waals surface area contributed by atoms with Crippen molar-refractivity contribution in [2.24, 2.45) is 0 Å². The fourth-order valence-corrected chi connectivity index (χ4v) is 4.24. The van der Waals surface area contributed by atoms with Crippen molar-refractivity contribution in [3.8, 4) is 0 Å². The number of halogens is 1. The number of carbonyl (C=O) groups is 1. The van der Waals surface area contributed by atoms with Gasteiger partial charge in [-0.05, 0) is 37.3 Å². The molecule has 0 fully saturated rings. The molecule has 0 aromatic heterocycles. The molecule has 0 radical (unpaired) electrons. The lowest BCUT2D eigenvalue weighted by atomic mass is 10.2. The summed E-state index contributed by atoms with van der Waals surface area (Å²) in [5, 5.41) is 0.289. The highest BCUT2D eigenvalue weighted by Gasteiger charge is 2.30. The summed E-state index contributed by atoms with van der Waals surface area (Å²) in [4.78, 5) is 12.1. The molecule has 2 aromatic rings. The van der Waals surface area contributed by atoms with Crippen molar-refractivity contribution in [3.63, 3.8) is 0 Å². The van der Waals surface area contributed by atoms with Gasteiger partial charge in [0.15, 0.2) is 5.78 Å². The van der Waals surface area contributed by atoms with Crippen molar-refractivity contribution in [2.45, 2.75) is 11.8 Å². The highest BCUT2D eigenvalue weighted by atomic mass is 35.5. The van der Waals surface area contributed by atoms with Crippen molar-refractivity contribution in [1.82, 2.24) is 0 Å². The van der Waals surface area contributed by atoms with Gasteiger partial charge in [-0.25, -0.2) is 8.42 Å². The Hall–Kier alpha value is -2.11. The zero-order valence-corrected chi connectivity index (χ0v) is 13.9. The zero-order valence-electron chi connectivity index (χ0n) is 12.4. The maximum Gasteiger partial charge on any atom is 0.264 e. The number of aryl methyl sites for hydroxylation is 1. The van der Waals surface area contributed by atoms with E-state index in [9.17, 15) is 13.2 Å². The van der Waals surface area contributed by atoms with Crippen molar-refractivity contribution in [2.75, 3.05) is 10.8 Å². The second-order valence-corrected chi connectivity index (χ2v) is 7.57. The summed E-state index contributed by atoms with van der Waals surface area (Å²) in [5.74, 6) is -0.298. The van der Waals surface area contributed by atoms with Gasteiger partial charge in [0.05, 0.1) is 22.2 Å². The van der Waals surface area contributed by atoms with E-state index in [-0.39, 0.29) is 22.2 Å². The van der Waals surface area contributed by atoms with Crippen molar-refractivity contribution >= 4 is 39.2 Å². The van der Waals surface area contributed by atoms with E-state index in [1.807, 2.05) is 6.92 Å². The van der Waals surface area contributed by atoms with Gasteiger partial charge in [-0.1, -0.05) is 41.4 Å². The molecular formula is C17H14ClNO3S. The third kappa shape index (κ3) is 2.90. The molecule has 4 nitrogen and oxygen atoms in total. The molecule has 0 bridgehead atoms. The minimum atomic E-state index is -3.88. The van der Waals surface area contributed by atoms with Crippen molar-refractivity contribution in [1.29, 1.82) is 0 Å². The maximum atomic E-state index is 13.0. The molecule has 0 atom stereocenters. The number of rotatable bonds is 2. The van der Waals surface area contributed by atoms with E-state index in [0.717, 1.165) is 9.87 Å². The minimum absolute atomic E-state index is 0.128. The quantitative estimate of drug-likeness (QED) is 0.836. The van der Waals surface area contributed by atoms with Crippen molar-refractivity contribution < 1.29 is 13.2 Å². The number of anilines is 1. The molecule has 23 heavy (non-hydrogen) atoms. The van der Waals surface area contributed by atoms with Crippen LogP contribution in [0.1, 0.15) is 11.1 Å². The fraction of sp³-hybridized carbons (Fsp3) is 0.118. The van der Waals surface area contributed by atoms with Gasteiger partial charge in [-0.3, -0.25) is 9.10 Å². The van der Waals surface area contributed by atoms with Gasteiger partial charge in [0, 0.05) is 5.56 Å². The number of sulfonamides is 1. The second kappa shape index (κ2) is 5.83. The molecule has 6 heteroatoms. The molecule has 0 unspecified atom stereocenters. The van der Waals surface area contributed by atoms with Crippen LogP contribution < -0.4 is 4.31 Å². The van der Waals surface area contributed by atoms with Crippen LogP contribution in [0.5, 0.6) is 0 Å². The first kappa shape index (κ1) is 15.8. The Kier molecular flexibility index (Phi) is 4.00. The summed E-state index contributed by atoms with van der Waals surface area (Å²) in [5.41, 5.74) is 1.88. The predicted molar refractivity (Wildman–Crippen MR) is 91.2 cm³/mol. The molecule has 0 spiro atoms. The summed E-state index contributed by atoms with van der Waals surface area (Å²) in [6.07, 6.45) is 2.97. The molecule has 0 amide bonds. The number of benzene rings is 2. The molecule has 1 heterocycles. The predicted octanol–water partition coefficient (Wildman–Crippen LogP) is 3.44. The Morgan fingerprint density at radius 1 is 1.04 bits per heavy atom. The summed E-state index contributed by atoms with van der Waals surface area (Å²) < 4.78 is 27.1. The highest BCUT2D eigenvalue weighted by Crippen LogP contribution is 2.35. The Morgan fingerprint density at radius 2 is 1.74 bits per heavy atom. The average molecular weight is 348 g/mol. The highest BCUT2D eigenvalue weighted by molar-refractivity contribution is 7.92. The molecule has 3 rings (SSSR count). The van der Waals surface area contributed by atoms with Crippen LogP contribution in [-0.2, 0) is 14.8 Å². The van der Waals surface area contributed by atoms with Crippen molar-refractivity contribution in [3.05, 3.63) is 64.7 Å². The number of nitrogens with zero attached hydrogens (tertiary/aromatic N) is 1. The Bertz CT molecular complexity index is 902. The number of hydrogen-bond donors (Lipinski definition) is 0. The van der Waals surface area contributed by atoms with E-state index in [2.05, 4.69) is 0 Å². The maximum absolute atomic E-state index is 13.0. The van der Waals surface area contributed by atoms with E-state index >= 15 is 0 Å². The molecule has 0 N–H and O–H groups in total. The monoisotopic (exact) mass is 347 g/mol. The number of ketones is 1. The van der Waals surface area contributed by atoms with Gasteiger partial charge >= 0.3 is 0 Å². The molecule has 2 aromatic carbocycles. The summed E-state index contributed by atoms with van der Waals surface area (Å²) >= 11 is 6.22. The minimum Gasteiger partial charge on any atom is -0.293 e. The molecule has 0 saturated carbocycles. The van der Waals surface area contributed by atoms with Crippen LogP contribution in [0.15, 0.2) is 53.4 Å². The molecule has 1 aliphatic rings. The van der Waals surface area contributed by atoms with Crippen LogP contribution in [0.25, 0.3) is 6.08 Å². The molecule has 118 valence electrons. The lowest BCUT2D eigenvalue weighted by Gasteiger charge is -2.25. The van der Waals surface area contributed by atoms with Gasteiger partial charge in [-0.2, -0.15) is 0 Å². The number of fused-ring (bicyclic) bond motifs is 1. The van der Waals surface area contributed by atoms with E-state index in [4.69, 9.17) is 11.6 Å². The lowest BCUT2D eigenvalue weighted by Crippen LogP contribution is -2.35.